The predicted octanol–water partition coefficient (Wildman–Crippen LogP) is 2.15. The zero-order valence-corrected chi connectivity index (χ0v) is 11.6. The second kappa shape index (κ2) is 5.97. The first-order valence-electron chi connectivity index (χ1n) is 6.88. The number of carbonyl (C=O) groups is 1. The molecular formula is C15H21N3O. The van der Waals surface area contributed by atoms with Gasteiger partial charge in [0.1, 0.15) is 5.78 Å². The number of nitrogens with two attached hydrogens (primary N) is 1. The molecule has 0 aliphatic carbocycles. The Labute approximate surface area is 113 Å². The Kier molecular flexibility index (Phi) is 4.32. The molecule has 4 heteroatoms. The van der Waals surface area contributed by atoms with Crippen molar-refractivity contribution in [3.05, 3.63) is 30.0 Å². The summed E-state index contributed by atoms with van der Waals surface area (Å²) in [6.45, 7) is 5.28. The Morgan fingerprint density at radius 3 is 2.74 bits per heavy atom. The summed E-state index contributed by atoms with van der Waals surface area (Å²) in [6.07, 6.45) is 1.17. The number of Topliss-reactive ketones (excluding diaryl/α,β-unsaturated/α-hetero) is 1. The number of hydrogen-bond acceptors (Lipinski definition) is 3. The van der Waals surface area contributed by atoms with E-state index in [1.165, 1.54) is 0 Å². The fraction of sp³-hybridized carbons (Fsp3) is 0.467. The van der Waals surface area contributed by atoms with Gasteiger partial charge < -0.3 is 5.73 Å². The molecule has 2 N–H and O–H groups in total. The summed E-state index contributed by atoms with van der Waals surface area (Å²) in [5.41, 5.74) is 7.60. The Balaban J connectivity index is 2.33. The van der Waals surface area contributed by atoms with Crippen LogP contribution in [0.15, 0.2) is 24.3 Å². The van der Waals surface area contributed by atoms with Crippen molar-refractivity contribution in [1.82, 2.24) is 9.78 Å². The first-order chi connectivity index (χ1) is 9.21. The number of carbonyl (C=O) groups excluding carboxylic acids is 1. The van der Waals surface area contributed by atoms with Crippen LogP contribution < -0.4 is 5.73 Å². The van der Waals surface area contributed by atoms with E-state index in [1.807, 2.05) is 35.9 Å². The number of fused-ring (bicyclic) bond motifs is 1. The van der Waals surface area contributed by atoms with Crippen molar-refractivity contribution in [2.24, 2.45) is 11.7 Å². The minimum Gasteiger partial charge on any atom is -0.330 e. The Bertz CT molecular complexity index is 570. The van der Waals surface area contributed by atoms with Crippen LogP contribution in [0.2, 0.25) is 0 Å². The van der Waals surface area contributed by atoms with Crippen molar-refractivity contribution < 1.29 is 4.79 Å². The number of benzene rings is 1. The third kappa shape index (κ3) is 2.68. The van der Waals surface area contributed by atoms with Gasteiger partial charge in [0.15, 0.2) is 0 Å². The van der Waals surface area contributed by atoms with E-state index in [-0.39, 0.29) is 11.7 Å². The lowest BCUT2D eigenvalue weighted by molar-refractivity contribution is -0.122. The zero-order chi connectivity index (χ0) is 13.8. The highest BCUT2D eigenvalue weighted by Gasteiger charge is 2.18. The van der Waals surface area contributed by atoms with Crippen LogP contribution in [0.3, 0.4) is 0 Å². The first-order valence-corrected chi connectivity index (χ1v) is 6.88. The molecule has 1 atom stereocenters. The van der Waals surface area contributed by atoms with E-state index in [9.17, 15) is 4.79 Å². The van der Waals surface area contributed by atoms with Gasteiger partial charge in [0.05, 0.1) is 17.6 Å². The Morgan fingerprint density at radius 1 is 1.37 bits per heavy atom. The molecule has 1 aromatic carbocycles. The summed E-state index contributed by atoms with van der Waals surface area (Å²) in [5.74, 6) is 0.141. The maximum Gasteiger partial charge on any atom is 0.143 e. The molecule has 0 saturated carbocycles. The highest BCUT2D eigenvalue weighted by molar-refractivity contribution is 5.89. The van der Waals surface area contributed by atoms with Gasteiger partial charge in [0, 0.05) is 24.4 Å². The van der Waals surface area contributed by atoms with Crippen LogP contribution >= 0.6 is 0 Å². The molecule has 1 unspecified atom stereocenters. The Morgan fingerprint density at radius 2 is 2.11 bits per heavy atom. The van der Waals surface area contributed by atoms with E-state index in [0.29, 0.717) is 13.0 Å². The SMILES string of the molecule is CCC(CN)C(=O)Cc1nn(CC)c2ccccc12. The lowest BCUT2D eigenvalue weighted by atomic mass is 9.97. The summed E-state index contributed by atoms with van der Waals surface area (Å²) in [7, 11) is 0. The number of ketones is 1. The van der Waals surface area contributed by atoms with Crippen LogP contribution in [0.25, 0.3) is 10.9 Å². The first kappa shape index (κ1) is 13.7. The van der Waals surface area contributed by atoms with Gasteiger partial charge >= 0.3 is 0 Å². The van der Waals surface area contributed by atoms with Gasteiger partial charge in [-0.25, -0.2) is 0 Å². The van der Waals surface area contributed by atoms with Crippen molar-refractivity contribution in [2.45, 2.75) is 33.2 Å². The maximum absolute atomic E-state index is 12.2. The molecule has 0 aliphatic rings. The molecular weight excluding hydrogens is 238 g/mol. The second-order valence-electron chi connectivity index (χ2n) is 4.76. The topological polar surface area (TPSA) is 60.9 Å². The molecule has 19 heavy (non-hydrogen) atoms. The lowest BCUT2D eigenvalue weighted by Gasteiger charge is -2.09. The maximum atomic E-state index is 12.2. The van der Waals surface area contributed by atoms with Crippen LogP contribution in [0.5, 0.6) is 0 Å². The summed E-state index contributed by atoms with van der Waals surface area (Å²) >= 11 is 0. The van der Waals surface area contributed by atoms with Gasteiger partial charge in [-0.05, 0) is 19.4 Å². The minimum absolute atomic E-state index is 0.0504. The fourth-order valence-electron chi connectivity index (χ4n) is 2.40. The molecule has 0 saturated heterocycles. The van der Waals surface area contributed by atoms with Gasteiger partial charge in [0.2, 0.25) is 0 Å². The molecule has 0 fully saturated rings. The van der Waals surface area contributed by atoms with Crippen LogP contribution in [0.4, 0.5) is 0 Å². The lowest BCUT2D eigenvalue weighted by Crippen LogP contribution is -2.24. The third-order valence-corrected chi connectivity index (χ3v) is 3.61. The molecule has 0 aliphatic heterocycles. The van der Waals surface area contributed by atoms with E-state index in [0.717, 1.165) is 29.6 Å². The van der Waals surface area contributed by atoms with Gasteiger partial charge in [-0.3, -0.25) is 9.48 Å². The molecule has 1 aromatic heterocycles. The van der Waals surface area contributed by atoms with E-state index in [1.54, 1.807) is 0 Å². The smallest absolute Gasteiger partial charge is 0.143 e. The van der Waals surface area contributed by atoms with Crippen molar-refractivity contribution >= 4 is 16.7 Å². The molecule has 102 valence electrons. The summed E-state index contributed by atoms with van der Waals surface area (Å²) < 4.78 is 1.95. The summed E-state index contributed by atoms with van der Waals surface area (Å²) in [4.78, 5) is 12.2. The zero-order valence-electron chi connectivity index (χ0n) is 11.6. The van der Waals surface area contributed by atoms with Gasteiger partial charge in [0.25, 0.3) is 0 Å². The van der Waals surface area contributed by atoms with Crippen molar-refractivity contribution in [3.63, 3.8) is 0 Å². The monoisotopic (exact) mass is 259 g/mol. The number of para-hydroxylation sites is 1. The largest absolute Gasteiger partial charge is 0.330 e. The number of hydrogen-bond donors (Lipinski definition) is 1. The number of aromatic nitrogens is 2. The minimum atomic E-state index is -0.0504. The Hall–Kier alpha value is -1.68. The number of aryl methyl sites for hydroxylation is 1. The number of nitrogens with zero attached hydrogens (tertiary/aromatic N) is 2. The quantitative estimate of drug-likeness (QED) is 0.864. The highest BCUT2D eigenvalue weighted by Crippen LogP contribution is 2.20. The van der Waals surface area contributed by atoms with Crippen LogP contribution in [-0.4, -0.2) is 22.1 Å². The van der Waals surface area contributed by atoms with E-state index in [4.69, 9.17) is 5.73 Å². The van der Waals surface area contributed by atoms with Crippen LogP contribution in [0, 0.1) is 5.92 Å². The van der Waals surface area contributed by atoms with Crippen LogP contribution in [0.1, 0.15) is 26.0 Å². The second-order valence-corrected chi connectivity index (χ2v) is 4.76. The highest BCUT2D eigenvalue weighted by atomic mass is 16.1. The molecule has 4 nitrogen and oxygen atoms in total. The fourth-order valence-corrected chi connectivity index (χ4v) is 2.40. The van der Waals surface area contributed by atoms with Gasteiger partial charge in [-0.15, -0.1) is 0 Å². The van der Waals surface area contributed by atoms with Crippen molar-refractivity contribution in [3.8, 4) is 0 Å². The standard InChI is InChI=1S/C15H21N3O/c1-3-11(10-16)15(19)9-13-12-7-5-6-8-14(12)18(4-2)17-13/h5-8,11H,3-4,9-10,16H2,1-2H3. The van der Waals surface area contributed by atoms with Crippen molar-refractivity contribution in [1.29, 1.82) is 0 Å². The summed E-state index contributed by atoms with van der Waals surface area (Å²) in [6, 6.07) is 8.05. The molecule has 0 spiro atoms. The predicted molar refractivity (Wildman–Crippen MR) is 77.0 cm³/mol. The molecule has 1 heterocycles. The molecule has 0 bridgehead atoms. The molecule has 2 aromatic rings. The normalized spacial score (nSPS) is 12.8. The third-order valence-electron chi connectivity index (χ3n) is 3.61. The number of rotatable bonds is 6. The van der Waals surface area contributed by atoms with E-state index >= 15 is 0 Å². The average Bonchev–Trinajstić information content (AvgIpc) is 2.78. The van der Waals surface area contributed by atoms with Crippen molar-refractivity contribution in [2.75, 3.05) is 6.54 Å². The average molecular weight is 259 g/mol. The molecule has 2 rings (SSSR count). The molecule has 0 amide bonds. The van der Waals surface area contributed by atoms with E-state index < -0.39 is 0 Å². The summed E-state index contributed by atoms with van der Waals surface area (Å²) in [5, 5.41) is 5.63. The van der Waals surface area contributed by atoms with Gasteiger partial charge in [-0.1, -0.05) is 25.1 Å². The van der Waals surface area contributed by atoms with E-state index in [2.05, 4.69) is 12.0 Å². The van der Waals surface area contributed by atoms with Gasteiger partial charge in [-0.2, -0.15) is 5.10 Å². The molecule has 0 radical (unpaired) electrons. The van der Waals surface area contributed by atoms with Crippen LogP contribution in [-0.2, 0) is 17.8 Å².